The summed E-state index contributed by atoms with van der Waals surface area (Å²) in [6.07, 6.45) is -0.888. The molecule has 0 bridgehead atoms. The zero-order valence-corrected chi connectivity index (χ0v) is 15.4. The molecule has 1 unspecified atom stereocenters. The number of likely N-dealkylation sites (tertiary alicyclic amines) is 1. The molecule has 1 N–H and O–H groups in total. The van der Waals surface area contributed by atoms with Crippen LogP contribution in [0.1, 0.15) is 31.0 Å². The second-order valence-corrected chi connectivity index (χ2v) is 7.01. The molecule has 146 valence electrons. The van der Waals surface area contributed by atoms with Crippen LogP contribution >= 0.6 is 0 Å². The molecular formula is C19H22F4N4. The van der Waals surface area contributed by atoms with Gasteiger partial charge >= 0.3 is 6.18 Å². The summed E-state index contributed by atoms with van der Waals surface area (Å²) < 4.78 is 52.4. The summed E-state index contributed by atoms with van der Waals surface area (Å²) in [5.74, 6) is -0.519. The van der Waals surface area contributed by atoms with Crippen LogP contribution in [0.4, 0.5) is 23.5 Å². The SMILES string of the molecule is Cc1nc(NC(C)[C@@H]2CCCN2C)ncc1-c1ccc(C(F)(F)F)cc1F. The van der Waals surface area contributed by atoms with Crippen molar-refractivity contribution in [2.24, 2.45) is 0 Å². The van der Waals surface area contributed by atoms with Crippen LogP contribution in [0.25, 0.3) is 11.1 Å². The van der Waals surface area contributed by atoms with Crippen LogP contribution in [0, 0.1) is 12.7 Å². The van der Waals surface area contributed by atoms with Crippen LogP contribution < -0.4 is 5.32 Å². The average Bonchev–Trinajstić information content (AvgIpc) is 3.01. The molecule has 4 nitrogen and oxygen atoms in total. The zero-order chi connectivity index (χ0) is 19.8. The lowest BCUT2D eigenvalue weighted by atomic mass is 10.0. The quantitative estimate of drug-likeness (QED) is 0.791. The van der Waals surface area contributed by atoms with Crippen molar-refractivity contribution in [3.63, 3.8) is 0 Å². The Morgan fingerprint density at radius 2 is 2.00 bits per heavy atom. The fraction of sp³-hybridized carbons (Fsp3) is 0.474. The van der Waals surface area contributed by atoms with Gasteiger partial charge in [0, 0.05) is 29.4 Å². The van der Waals surface area contributed by atoms with E-state index in [0.717, 1.165) is 31.5 Å². The van der Waals surface area contributed by atoms with Gasteiger partial charge in [-0.1, -0.05) is 6.07 Å². The summed E-state index contributed by atoms with van der Waals surface area (Å²) in [5.41, 5.74) is -0.0960. The van der Waals surface area contributed by atoms with Gasteiger partial charge in [0.2, 0.25) is 5.95 Å². The Labute approximate surface area is 155 Å². The fourth-order valence-corrected chi connectivity index (χ4v) is 3.58. The number of benzene rings is 1. The van der Waals surface area contributed by atoms with E-state index in [9.17, 15) is 17.6 Å². The van der Waals surface area contributed by atoms with Gasteiger partial charge in [0.1, 0.15) is 5.82 Å². The van der Waals surface area contributed by atoms with Gasteiger partial charge in [-0.3, -0.25) is 0 Å². The third-order valence-corrected chi connectivity index (χ3v) is 5.08. The number of likely N-dealkylation sites (N-methyl/N-ethyl adjacent to an activating group) is 1. The highest BCUT2D eigenvalue weighted by atomic mass is 19.4. The minimum atomic E-state index is -4.58. The number of hydrogen-bond acceptors (Lipinski definition) is 4. The van der Waals surface area contributed by atoms with Gasteiger partial charge in [-0.25, -0.2) is 14.4 Å². The van der Waals surface area contributed by atoms with Crippen LogP contribution in [-0.4, -0.2) is 40.5 Å². The Bertz CT molecular complexity index is 822. The smallest absolute Gasteiger partial charge is 0.350 e. The normalized spacial score (nSPS) is 19.3. The molecule has 0 aliphatic carbocycles. The predicted octanol–water partition coefficient (Wildman–Crippen LogP) is 4.50. The average molecular weight is 382 g/mol. The van der Waals surface area contributed by atoms with E-state index in [1.165, 1.54) is 6.20 Å². The predicted molar refractivity (Wildman–Crippen MR) is 95.9 cm³/mol. The van der Waals surface area contributed by atoms with Gasteiger partial charge in [0.15, 0.2) is 0 Å². The number of nitrogens with zero attached hydrogens (tertiary/aromatic N) is 3. The molecule has 0 saturated carbocycles. The van der Waals surface area contributed by atoms with Crippen LogP contribution in [0.2, 0.25) is 0 Å². The van der Waals surface area contributed by atoms with Crippen molar-refractivity contribution in [1.82, 2.24) is 14.9 Å². The summed E-state index contributed by atoms with van der Waals surface area (Å²) in [6.45, 7) is 4.81. The number of aryl methyl sites for hydroxylation is 1. The van der Waals surface area contributed by atoms with Crippen LogP contribution in [0.15, 0.2) is 24.4 Å². The fourth-order valence-electron chi connectivity index (χ4n) is 3.58. The molecule has 0 radical (unpaired) electrons. The van der Waals surface area contributed by atoms with E-state index in [4.69, 9.17) is 0 Å². The molecule has 0 spiro atoms. The van der Waals surface area contributed by atoms with Gasteiger partial charge in [-0.05, 0) is 52.4 Å². The van der Waals surface area contributed by atoms with Crippen LogP contribution in [0.5, 0.6) is 0 Å². The Hall–Kier alpha value is -2.22. The molecule has 1 saturated heterocycles. The van der Waals surface area contributed by atoms with Gasteiger partial charge in [0.05, 0.1) is 11.3 Å². The van der Waals surface area contributed by atoms with Gasteiger partial charge in [-0.2, -0.15) is 13.2 Å². The summed E-state index contributed by atoms with van der Waals surface area (Å²) >= 11 is 0. The maximum atomic E-state index is 14.2. The van der Waals surface area contributed by atoms with Crippen molar-refractivity contribution >= 4 is 5.95 Å². The third kappa shape index (κ3) is 4.21. The Kier molecular flexibility index (Phi) is 5.37. The van der Waals surface area contributed by atoms with E-state index in [-0.39, 0.29) is 11.6 Å². The molecule has 1 aromatic carbocycles. The Morgan fingerprint density at radius 3 is 2.56 bits per heavy atom. The lowest BCUT2D eigenvalue weighted by Crippen LogP contribution is -2.39. The summed E-state index contributed by atoms with van der Waals surface area (Å²) in [4.78, 5) is 10.9. The van der Waals surface area contributed by atoms with E-state index in [1.807, 2.05) is 0 Å². The van der Waals surface area contributed by atoms with Gasteiger partial charge in [-0.15, -0.1) is 0 Å². The molecule has 8 heteroatoms. The molecule has 27 heavy (non-hydrogen) atoms. The zero-order valence-electron chi connectivity index (χ0n) is 15.4. The molecule has 1 aliphatic heterocycles. The molecule has 3 rings (SSSR count). The minimum Gasteiger partial charge on any atom is -0.350 e. The first-order chi connectivity index (χ1) is 12.7. The van der Waals surface area contributed by atoms with E-state index < -0.39 is 17.6 Å². The van der Waals surface area contributed by atoms with Crippen LogP contribution in [-0.2, 0) is 6.18 Å². The lowest BCUT2D eigenvalue weighted by molar-refractivity contribution is -0.137. The van der Waals surface area contributed by atoms with Crippen molar-refractivity contribution in [3.05, 3.63) is 41.5 Å². The topological polar surface area (TPSA) is 41.1 Å². The van der Waals surface area contributed by atoms with E-state index in [0.29, 0.717) is 29.3 Å². The number of nitrogens with one attached hydrogen (secondary N) is 1. The monoisotopic (exact) mass is 382 g/mol. The third-order valence-electron chi connectivity index (χ3n) is 5.08. The molecule has 2 aromatic rings. The maximum absolute atomic E-state index is 14.2. The van der Waals surface area contributed by atoms with Crippen molar-refractivity contribution in [1.29, 1.82) is 0 Å². The molecule has 1 aromatic heterocycles. The molecular weight excluding hydrogens is 360 g/mol. The number of alkyl halides is 3. The largest absolute Gasteiger partial charge is 0.416 e. The number of hydrogen-bond donors (Lipinski definition) is 1. The highest BCUT2D eigenvalue weighted by molar-refractivity contribution is 5.66. The molecule has 2 atom stereocenters. The number of rotatable bonds is 4. The van der Waals surface area contributed by atoms with E-state index in [2.05, 4.69) is 34.2 Å². The highest BCUT2D eigenvalue weighted by Gasteiger charge is 2.31. The Morgan fingerprint density at radius 1 is 1.26 bits per heavy atom. The number of aromatic nitrogens is 2. The van der Waals surface area contributed by atoms with Crippen molar-refractivity contribution < 1.29 is 17.6 Å². The first-order valence-corrected chi connectivity index (χ1v) is 8.84. The molecule has 1 aliphatic rings. The van der Waals surface area contributed by atoms with Crippen molar-refractivity contribution in [2.45, 2.75) is 44.9 Å². The second kappa shape index (κ2) is 7.42. The van der Waals surface area contributed by atoms with E-state index in [1.54, 1.807) is 6.92 Å². The van der Waals surface area contributed by atoms with Crippen LogP contribution in [0.3, 0.4) is 0 Å². The molecule has 1 fully saturated rings. The summed E-state index contributed by atoms with van der Waals surface area (Å²) in [5, 5.41) is 3.27. The molecule has 0 amide bonds. The highest BCUT2D eigenvalue weighted by Crippen LogP contribution is 2.33. The number of halogens is 4. The summed E-state index contributed by atoms with van der Waals surface area (Å²) in [7, 11) is 2.08. The number of anilines is 1. The summed E-state index contributed by atoms with van der Waals surface area (Å²) in [6, 6.07) is 3.01. The van der Waals surface area contributed by atoms with Gasteiger partial charge < -0.3 is 10.2 Å². The second-order valence-electron chi connectivity index (χ2n) is 7.01. The molecule has 2 heterocycles. The standard InChI is InChI=1S/C19H22F4N4/c1-11-15(14-7-6-13(9-16(14)20)19(21,22)23)10-24-18(25-11)26-12(2)17-5-4-8-27(17)3/h6-7,9-10,12,17H,4-5,8H2,1-3H3,(H,24,25,26)/t12?,17-/m0/s1. The first-order valence-electron chi connectivity index (χ1n) is 8.84. The first kappa shape index (κ1) is 19.5. The lowest BCUT2D eigenvalue weighted by Gasteiger charge is -2.27. The van der Waals surface area contributed by atoms with Gasteiger partial charge in [0.25, 0.3) is 0 Å². The van der Waals surface area contributed by atoms with Crippen molar-refractivity contribution in [2.75, 3.05) is 18.9 Å². The minimum absolute atomic E-state index is 0.0515. The van der Waals surface area contributed by atoms with Crippen molar-refractivity contribution in [3.8, 4) is 11.1 Å². The Balaban J connectivity index is 1.81. The van der Waals surface area contributed by atoms with E-state index >= 15 is 0 Å². The maximum Gasteiger partial charge on any atom is 0.416 e.